The Morgan fingerprint density at radius 2 is 1.81 bits per heavy atom. The van der Waals surface area contributed by atoms with Crippen molar-refractivity contribution < 1.29 is 22.8 Å². The van der Waals surface area contributed by atoms with Gasteiger partial charge < -0.3 is 20.9 Å². The van der Waals surface area contributed by atoms with Crippen LogP contribution < -0.4 is 21.4 Å². The van der Waals surface area contributed by atoms with E-state index >= 15 is 0 Å². The summed E-state index contributed by atoms with van der Waals surface area (Å²) in [6, 6.07) is 8.83. The van der Waals surface area contributed by atoms with Crippen LogP contribution in [0.2, 0.25) is 0 Å². The normalized spacial score (nSPS) is 11.2. The highest BCUT2D eigenvalue weighted by molar-refractivity contribution is 5.98. The third-order valence-electron chi connectivity index (χ3n) is 4.29. The number of nitrogens with one attached hydrogen (secondary N) is 4. The van der Waals surface area contributed by atoms with Gasteiger partial charge in [0.15, 0.2) is 0 Å². The number of halogens is 3. The standard InChI is InChI=1S/C20H18F3N5O3/c21-20(22,23)12-5-6-16(27-9-12)24-7-8-25-17(29)11-28-19(31)14-10-26-15-4-2-1-3-13(15)18(14)30/h1-6,9-10H,7-8,11H2,(H,24,27)(H,25,29)(H,26,30)(H,28,31). The van der Waals surface area contributed by atoms with Gasteiger partial charge in [-0.15, -0.1) is 0 Å². The summed E-state index contributed by atoms with van der Waals surface area (Å²) in [6.45, 7) is 0.0139. The summed E-state index contributed by atoms with van der Waals surface area (Å²) in [4.78, 5) is 43.0. The molecule has 0 saturated heterocycles. The van der Waals surface area contributed by atoms with Crippen molar-refractivity contribution in [1.29, 1.82) is 0 Å². The van der Waals surface area contributed by atoms with Gasteiger partial charge in [0.1, 0.15) is 11.4 Å². The van der Waals surface area contributed by atoms with E-state index in [0.29, 0.717) is 17.1 Å². The van der Waals surface area contributed by atoms with Crippen molar-refractivity contribution in [3.05, 3.63) is 70.1 Å². The lowest BCUT2D eigenvalue weighted by atomic mass is 10.1. The number of nitrogens with zero attached hydrogens (tertiary/aromatic N) is 1. The third kappa shape index (κ3) is 5.59. The SMILES string of the molecule is O=C(CNC(=O)c1c[nH]c2ccccc2c1=O)NCCNc1ccc(C(F)(F)F)cn1. The molecule has 11 heteroatoms. The molecule has 31 heavy (non-hydrogen) atoms. The first-order valence-corrected chi connectivity index (χ1v) is 9.18. The number of rotatable bonds is 7. The maximum atomic E-state index is 12.5. The van der Waals surface area contributed by atoms with Crippen LogP contribution in [-0.2, 0) is 11.0 Å². The number of carbonyl (C=O) groups excluding carboxylic acids is 2. The maximum Gasteiger partial charge on any atom is 0.417 e. The van der Waals surface area contributed by atoms with Crippen molar-refractivity contribution in [3.8, 4) is 0 Å². The monoisotopic (exact) mass is 433 g/mol. The molecule has 0 aliphatic carbocycles. The molecule has 162 valence electrons. The average Bonchev–Trinajstić information content (AvgIpc) is 2.75. The molecule has 2 amide bonds. The van der Waals surface area contributed by atoms with Crippen LogP contribution in [0.25, 0.3) is 10.9 Å². The van der Waals surface area contributed by atoms with Gasteiger partial charge in [-0.1, -0.05) is 12.1 Å². The number of benzene rings is 1. The van der Waals surface area contributed by atoms with Crippen LogP contribution in [-0.4, -0.2) is 41.4 Å². The maximum absolute atomic E-state index is 12.5. The zero-order valence-electron chi connectivity index (χ0n) is 16.0. The fourth-order valence-corrected chi connectivity index (χ4v) is 2.71. The number of aromatic amines is 1. The Morgan fingerprint density at radius 3 is 2.52 bits per heavy atom. The minimum Gasteiger partial charge on any atom is -0.368 e. The highest BCUT2D eigenvalue weighted by Gasteiger charge is 2.30. The van der Waals surface area contributed by atoms with Gasteiger partial charge in [-0.2, -0.15) is 13.2 Å². The molecule has 0 saturated carbocycles. The molecular formula is C20H18F3N5O3. The molecule has 0 aliphatic rings. The Balaban J connectivity index is 1.43. The Kier molecular flexibility index (Phi) is 6.53. The molecule has 8 nitrogen and oxygen atoms in total. The molecule has 2 aromatic heterocycles. The van der Waals surface area contributed by atoms with Gasteiger partial charge in [0.2, 0.25) is 11.3 Å². The fraction of sp³-hybridized carbons (Fsp3) is 0.200. The molecule has 0 unspecified atom stereocenters. The van der Waals surface area contributed by atoms with Gasteiger partial charge in [-0.3, -0.25) is 14.4 Å². The summed E-state index contributed by atoms with van der Waals surface area (Å²) in [5.41, 5.74) is -0.814. The minimum atomic E-state index is -4.46. The molecule has 0 bridgehead atoms. The van der Waals surface area contributed by atoms with Crippen LogP contribution in [0.5, 0.6) is 0 Å². The van der Waals surface area contributed by atoms with E-state index in [0.717, 1.165) is 6.07 Å². The second kappa shape index (κ2) is 9.28. The van der Waals surface area contributed by atoms with Gasteiger partial charge >= 0.3 is 6.18 Å². The van der Waals surface area contributed by atoms with E-state index in [1.807, 2.05) is 0 Å². The van der Waals surface area contributed by atoms with E-state index in [1.54, 1.807) is 24.3 Å². The van der Waals surface area contributed by atoms with Gasteiger partial charge in [0.25, 0.3) is 5.91 Å². The topological polar surface area (TPSA) is 116 Å². The van der Waals surface area contributed by atoms with Crippen molar-refractivity contribution >= 4 is 28.5 Å². The number of H-pyrrole nitrogens is 1. The Morgan fingerprint density at radius 1 is 1.03 bits per heavy atom. The zero-order valence-corrected chi connectivity index (χ0v) is 16.0. The lowest BCUT2D eigenvalue weighted by Gasteiger charge is -2.10. The Labute approximate surface area is 173 Å². The summed E-state index contributed by atoms with van der Waals surface area (Å²) in [5.74, 6) is -0.951. The van der Waals surface area contributed by atoms with Gasteiger partial charge in [0.05, 0.1) is 12.1 Å². The van der Waals surface area contributed by atoms with Crippen molar-refractivity contribution in [2.45, 2.75) is 6.18 Å². The Bertz CT molecular complexity index is 1140. The van der Waals surface area contributed by atoms with Crippen molar-refractivity contribution in [3.63, 3.8) is 0 Å². The number of alkyl halides is 3. The van der Waals surface area contributed by atoms with Crippen LogP contribution in [0.15, 0.2) is 53.6 Å². The van der Waals surface area contributed by atoms with Crippen LogP contribution in [0.1, 0.15) is 15.9 Å². The molecule has 3 aromatic rings. The molecule has 0 aliphatic heterocycles. The second-order valence-electron chi connectivity index (χ2n) is 6.47. The Hall–Kier alpha value is -3.89. The number of para-hydroxylation sites is 1. The number of amides is 2. The largest absolute Gasteiger partial charge is 0.417 e. The van der Waals surface area contributed by atoms with E-state index in [-0.39, 0.29) is 31.0 Å². The summed E-state index contributed by atoms with van der Waals surface area (Å²) in [5, 5.41) is 8.03. The van der Waals surface area contributed by atoms with Crippen molar-refractivity contribution in [2.75, 3.05) is 25.0 Å². The summed E-state index contributed by atoms with van der Waals surface area (Å²) >= 11 is 0. The first kappa shape index (κ1) is 21.8. The highest BCUT2D eigenvalue weighted by atomic mass is 19.4. The van der Waals surface area contributed by atoms with E-state index in [1.165, 1.54) is 12.3 Å². The van der Waals surface area contributed by atoms with Crippen LogP contribution >= 0.6 is 0 Å². The molecule has 0 atom stereocenters. The molecule has 1 aromatic carbocycles. The summed E-state index contributed by atoms with van der Waals surface area (Å²) in [6.07, 6.45) is -2.45. The average molecular weight is 433 g/mol. The van der Waals surface area contributed by atoms with E-state index < -0.39 is 29.0 Å². The van der Waals surface area contributed by atoms with Crippen LogP contribution in [0.3, 0.4) is 0 Å². The molecule has 0 radical (unpaired) electrons. The number of hydrogen-bond donors (Lipinski definition) is 4. The molecule has 2 heterocycles. The minimum absolute atomic E-state index is 0.110. The number of pyridine rings is 2. The van der Waals surface area contributed by atoms with Gasteiger partial charge in [0, 0.05) is 36.4 Å². The third-order valence-corrected chi connectivity index (χ3v) is 4.29. The predicted molar refractivity (Wildman–Crippen MR) is 108 cm³/mol. The number of fused-ring (bicyclic) bond motifs is 1. The lowest BCUT2D eigenvalue weighted by molar-refractivity contribution is -0.137. The first-order valence-electron chi connectivity index (χ1n) is 9.18. The van der Waals surface area contributed by atoms with Crippen molar-refractivity contribution in [2.24, 2.45) is 0 Å². The molecule has 0 spiro atoms. The molecular weight excluding hydrogens is 415 g/mol. The summed E-state index contributed by atoms with van der Waals surface area (Å²) in [7, 11) is 0. The van der Waals surface area contributed by atoms with Gasteiger partial charge in [-0.05, 0) is 24.3 Å². The second-order valence-corrected chi connectivity index (χ2v) is 6.47. The predicted octanol–water partition coefficient (Wildman–Crippen LogP) is 1.90. The van der Waals surface area contributed by atoms with E-state index in [9.17, 15) is 27.6 Å². The lowest BCUT2D eigenvalue weighted by Crippen LogP contribution is -2.39. The number of anilines is 1. The van der Waals surface area contributed by atoms with Crippen molar-refractivity contribution in [1.82, 2.24) is 20.6 Å². The molecule has 0 fully saturated rings. The number of hydrogen-bond acceptors (Lipinski definition) is 5. The molecule has 4 N–H and O–H groups in total. The number of carbonyl (C=O) groups is 2. The quantitative estimate of drug-likeness (QED) is 0.425. The zero-order chi connectivity index (χ0) is 22.4. The fourth-order valence-electron chi connectivity index (χ4n) is 2.71. The van der Waals surface area contributed by atoms with Crippen LogP contribution in [0.4, 0.5) is 19.0 Å². The molecule has 3 rings (SSSR count). The van der Waals surface area contributed by atoms with E-state index in [4.69, 9.17) is 0 Å². The highest BCUT2D eigenvalue weighted by Crippen LogP contribution is 2.28. The number of aromatic nitrogens is 2. The summed E-state index contributed by atoms with van der Waals surface area (Å²) < 4.78 is 37.5. The van der Waals surface area contributed by atoms with Crippen LogP contribution in [0, 0.1) is 0 Å². The smallest absolute Gasteiger partial charge is 0.368 e. The first-order chi connectivity index (χ1) is 14.8. The van der Waals surface area contributed by atoms with Gasteiger partial charge in [-0.25, -0.2) is 4.98 Å². The van der Waals surface area contributed by atoms with E-state index in [2.05, 4.69) is 25.9 Å².